The molecule has 3 nitrogen and oxygen atoms in total. The van der Waals surface area contributed by atoms with Gasteiger partial charge in [-0.05, 0) is 38.3 Å². The van der Waals surface area contributed by atoms with Crippen LogP contribution in [0.25, 0.3) is 0 Å². The van der Waals surface area contributed by atoms with Crippen LogP contribution in [-0.2, 0) is 0 Å². The van der Waals surface area contributed by atoms with Gasteiger partial charge in [-0.25, -0.2) is 0 Å². The molecule has 0 radical (unpaired) electrons. The lowest BCUT2D eigenvalue weighted by Crippen LogP contribution is -2.41. The van der Waals surface area contributed by atoms with Crippen molar-refractivity contribution in [3.05, 3.63) is 29.8 Å². The summed E-state index contributed by atoms with van der Waals surface area (Å²) in [6, 6.07) is 8.63. The number of likely N-dealkylation sites (tertiary alicyclic amines) is 1. The third kappa shape index (κ3) is 3.53. The number of piperidine rings is 1. The molecule has 2 atom stereocenters. The first-order valence-corrected chi connectivity index (χ1v) is 7.95. The SMILES string of the molecule is CCOc1ccccc1C(CN)N1CCCC(CC)C1. The van der Waals surface area contributed by atoms with Gasteiger partial charge in [-0.2, -0.15) is 0 Å². The molecule has 0 aliphatic carbocycles. The Labute approximate surface area is 123 Å². The molecule has 2 unspecified atom stereocenters. The Morgan fingerprint density at radius 2 is 2.15 bits per heavy atom. The van der Waals surface area contributed by atoms with E-state index >= 15 is 0 Å². The number of nitrogens with two attached hydrogens (primary N) is 1. The zero-order chi connectivity index (χ0) is 14.4. The first kappa shape index (κ1) is 15.3. The molecule has 1 heterocycles. The van der Waals surface area contributed by atoms with Gasteiger partial charge < -0.3 is 10.5 Å². The first-order chi connectivity index (χ1) is 9.80. The van der Waals surface area contributed by atoms with E-state index in [4.69, 9.17) is 10.5 Å². The fourth-order valence-electron chi connectivity index (χ4n) is 3.23. The number of benzene rings is 1. The number of nitrogens with zero attached hydrogens (tertiary/aromatic N) is 1. The fourth-order valence-corrected chi connectivity index (χ4v) is 3.23. The van der Waals surface area contributed by atoms with E-state index in [0.717, 1.165) is 18.2 Å². The molecule has 0 amide bonds. The molecule has 1 aliphatic heterocycles. The van der Waals surface area contributed by atoms with E-state index in [1.807, 2.05) is 13.0 Å². The maximum Gasteiger partial charge on any atom is 0.124 e. The predicted octanol–water partition coefficient (Wildman–Crippen LogP) is 3.21. The molecule has 0 spiro atoms. The maximum atomic E-state index is 6.09. The minimum absolute atomic E-state index is 0.284. The highest BCUT2D eigenvalue weighted by atomic mass is 16.5. The Balaban J connectivity index is 2.18. The molecule has 1 aromatic rings. The third-order valence-electron chi connectivity index (χ3n) is 4.37. The summed E-state index contributed by atoms with van der Waals surface area (Å²) in [5, 5.41) is 0. The average Bonchev–Trinajstić information content (AvgIpc) is 2.50. The van der Waals surface area contributed by atoms with Gasteiger partial charge in [0, 0.05) is 18.7 Å². The molecule has 112 valence electrons. The summed E-state index contributed by atoms with van der Waals surface area (Å²) in [7, 11) is 0. The summed E-state index contributed by atoms with van der Waals surface area (Å²) >= 11 is 0. The number of hydrogen-bond acceptors (Lipinski definition) is 3. The summed E-state index contributed by atoms with van der Waals surface area (Å²) in [5.41, 5.74) is 7.33. The highest BCUT2D eigenvalue weighted by Crippen LogP contribution is 2.32. The van der Waals surface area contributed by atoms with Crippen molar-refractivity contribution in [2.45, 2.75) is 39.2 Å². The summed E-state index contributed by atoms with van der Waals surface area (Å²) in [6.07, 6.45) is 3.91. The van der Waals surface area contributed by atoms with Crippen LogP contribution < -0.4 is 10.5 Å². The smallest absolute Gasteiger partial charge is 0.124 e. The van der Waals surface area contributed by atoms with Gasteiger partial charge in [0.2, 0.25) is 0 Å². The van der Waals surface area contributed by atoms with E-state index in [9.17, 15) is 0 Å². The molecule has 2 N–H and O–H groups in total. The molecule has 20 heavy (non-hydrogen) atoms. The molecule has 1 saturated heterocycles. The molecule has 1 aliphatic rings. The van der Waals surface area contributed by atoms with Gasteiger partial charge in [-0.15, -0.1) is 0 Å². The summed E-state index contributed by atoms with van der Waals surface area (Å²) < 4.78 is 5.78. The van der Waals surface area contributed by atoms with Crippen LogP contribution in [-0.4, -0.2) is 31.1 Å². The van der Waals surface area contributed by atoms with Gasteiger partial charge in [0.05, 0.1) is 12.6 Å². The topological polar surface area (TPSA) is 38.5 Å². The van der Waals surface area contributed by atoms with Crippen molar-refractivity contribution in [1.29, 1.82) is 0 Å². The first-order valence-electron chi connectivity index (χ1n) is 7.95. The second-order valence-electron chi connectivity index (χ2n) is 5.63. The Morgan fingerprint density at radius 3 is 2.85 bits per heavy atom. The monoisotopic (exact) mass is 276 g/mol. The van der Waals surface area contributed by atoms with Crippen LogP contribution in [0, 0.1) is 5.92 Å². The predicted molar refractivity (Wildman–Crippen MR) is 84.0 cm³/mol. The molecule has 2 rings (SSSR count). The number of para-hydroxylation sites is 1. The van der Waals surface area contributed by atoms with Gasteiger partial charge in [0.15, 0.2) is 0 Å². The van der Waals surface area contributed by atoms with Crippen molar-refractivity contribution >= 4 is 0 Å². The lowest BCUT2D eigenvalue weighted by molar-refractivity contribution is 0.122. The average molecular weight is 276 g/mol. The number of hydrogen-bond donors (Lipinski definition) is 1. The molecule has 1 aromatic carbocycles. The van der Waals surface area contributed by atoms with Crippen LogP contribution in [0.5, 0.6) is 5.75 Å². The van der Waals surface area contributed by atoms with Crippen LogP contribution in [0.3, 0.4) is 0 Å². The Bertz CT molecular complexity index is 408. The fraction of sp³-hybridized carbons (Fsp3) is 0.647. The number of ether oxygens (including phenoxy) is 1. The summed E-state index contributed by atoms with van der Waals surface area (Å²) in [6.45, 7) is 7.99. The van der Waals surface area contributed by atoms with Crippen LogP contribution in [0.2, 0.25) is 0 Å². The number of rotatable bonds is 6. The normalized spacial score (nSPS) is 21.6. The van der Waals surface area contributed by atoms with Crippen molar-refractivity contribution in [3.63, 3.8) is 0 Å². The standard InChI is InChI=1S/C17H28N2O/c1-3-14-8-7-11-19(13-14)16(12-18)15-9-5-6-10-17(15)20-4-2/h5-6,9-10,14,16H,3-4,7-8,11-13,18H2,1-2H3. The van der Waals surface area contributed by atoms with Gasteiger partial charge in [-0.3, -0.25) is 4.90 Å². The van der Waals surface area contributed by atoms with E-state index in [1.54, 1.807) is 0 Å². The zero-order valence-corrected chi connectivity index (χ0v) is 12.8. The highest BCUT2D eigenvalue weighted by molar-refractivity contribution is 5.36. The van der Waals surface area contributed by atoms with E-state index < -0.39 is 0 Å². The quantitative estimate of drug-likeness (QED) is 0.867. The Morgan fingerprint density at radius 1 is 1.35 bits per heavy atom. The summed E-state index contributed by atoms with van der Waals surface area (Å²) in [4.78, 5) is 2.55. The zero-order valence-electron chi connectivity index (χ0n) is 12.8. The minimum Gasteiger partial charge on any atom is -0.494 e. The molecule has 0 saturated carbocycles. The van der Waals surface area contributed by atoms with Gasteiger partial charge in [-0.1, -0.05) is 31.5 Å². The van der Waals surface area contributed by atoms with E-state index in [2.05, 4.69) is 30.0 Å². The molecular weight excluding hydrogens is 248 g/mol. The second-order valence-corrected chi connectivity index (χ2v) is 5.63. The summed E-state index contributed by atoms with van der Waals surface area (Å²) in [5.74, 6) is 1.81. The van der Waals surface area contributed by atoms with Crippen LogP contribution in [0.15, 0.2) is 24.3 Å². The van der Waals surface area contributed by atoms with Crippen molar-refractivity contribution in [2.24, 2.45) is 11.7 Å². The largest absolute Gasteiger partial charge is 0.494 e. The molecule has 0 bridgehead atoms. The third-order valence-corrected chi connectivity index (χ3v) is 4.37. The maximum absolute atomic E-state index is 6.09. The molecule has 1 fully saturated rings. The van der Waals surface area contributed by atoms with E-state index in [0.29, 0.717) is 13.2 Å². The molecule has 0 aromatic heterocycles. The van der Waals surface area contributed by atoms with Gasteiger partial charge >= 0.3 is 0 Å². The van der Waals surface area contributed by atoms with Crippen LogP contribution >= 0.6 is 0 Å². The van der Waals surface area contributed by atoms with Crippen molar-refractivity contribution in [3.8, 4) is 5.75 Å². The molecule has 3 heteroatoms. The lowest BCUT2D eigenvalue weighted by Gasteiger charge is -2.38. The van der Waals surface area contributed by atoms with E-state index in [1.165, 1.54) is 31.4 Å². The van der Waals surface area contributed by atoms with Crippen LogP contribution in [0.1, 0.15) is 44.7 Å². The molecular formula is C17H28N2O. The second kappa shape index (κ2) is 7.65. The van der Waals surface area contributed by atoms with Crippen molar-refractivity contribution in [2.75, 3.05) is 26.2 Å². The Hall–Kier alpha value is -1.06. The lowest BCUT2D eigenvalue weighted by atomic mass is 9.93. The minimum atomic E-state index is 0.284. The Kier molecular flexibility index (Phi) is 5.86. The highest BCUT2D eigenvalue weighted by Gasteiger charge is 2.27. The van der Waals surface area contributed by atoms with Gasteiger partial charge in [0.25, 0.3) is 0 Å². The van der Waals surface area contributed by atoms with Gasteiger partial charge in [0.1, 0.15) is 5.75 Å². The van der Waals surface area contributed by atoms with Crippen molar-refractivity contribution < 1.29 is 4.74 Å². The van der Waals surface area contributed by atoms with Crippen molar-refractivity contribution in [1.82, 2.24) is 4.90 Å². The van der Waals surface area contributed by atoms with E-state index in [-0.39, 0.29) is 6.04 Å². The van der Waals surface area contributed by atoms with Crippen LogP contribution in [0.4, 0.5) is 0 Å².